The highest BCUT2D eigenvalue weighted by Crippen LogP contribution is 2.44. The minimum atomic E-state index is -1.22. The summed E-state index contributed by atoms with van der Waals surface area (Å²) in [4.78, 5) is 111. The summed E-state index contributed by atoms with van der Waals surface area (Å²) < 4.78 is 40.8. The molecule has 121 heavy (non-hydrogen) atoms. The van der Waals surface area contributed by atoms with E-state index in [1.165, 1.54) is 0 Å². The second kappa shape index (κ2) is 44.0. The molecule has 3 atom stereocenters. The molecule has 7 aliphatic rings. The van der Waals surface area contributed by atoms with Crippen LogP contribution in [0.25, 0.3) is 0 Å². The number of hydrogen-bond acceptors (Lipinski definition) is 18. The summed E-state index contributed by atoms with van der Waals surface area (Å²) in [7, 11) is 6.18. The first kappa shape index (κ1) is 91.4. The molecule has 0 aromatic heterocycles. The summed E-state index contributed by atoms with van der Waals surface area (Å²) >= 11 is 39.4. The first-order valence-corrected chi connectivity index (χ1v) is 44.2. The van der Waals surface area contributed by atoms with Gasteiger partial charge in [-0.05, 0) is 162 Å². The highest BCUT2D eigenvalue weighted by atomic mass is 35.5. The molecule has 3 unspecified atom stereocenters. The smallest absolute Gasteiger partial charge is 0.315 e. The second-order valence-electron chi connectivity index (χ2n) is 32.4. The maximum absolute atomic E-state index is 14.1. The number of carbonyl (C=O) groups excluding carboxylic acids is 7. The SMILES string of the molecule is CN1Cc2c(Cl)cc(Cl)cc2C(c2ccc3c(c2)C(=O)N(CCOCCOCCNC(=O)CCC(CCC(=O)NCCOCCOCCN2Cc4ccc(C5CN(C)Cc6c(Cl)cc(Cl)cc65)cc4C2=O)(CCC(=O)NCCOCCOCCN2Cc4ccc(C5CN(C)Cc6c(Cl)cc(Cl)cc65)cc4C2=O)NC(=O)NCCN2CCOCC2)C3)C1. The van der Waals surface area contributed by atoms with Gasteiger partial charge in [0.15, 0.2) is 0 Å². The Bertz CT molecular complexity index is 4250. The molecule has 13 rings (SSSR count). The number of nitrogens with zero attached hydrogens (tertiary/aromatic N) is 7. The molecule has 7 heterocycles. The largest absolute Gasteiger partial charge is 0.379 e. The fourth-order valence-electron chi connectivity index (χ4n) is 17.3. The third kappa shape index (κ3) is 24.7. The van der Waals surface area contributed by atoms with Crippen LogP contribution in [0.4, 0.5) is 4.79 Å². The van der Waals surface area contributed by atoms with E-state index in [2.05, 4.69) is 85.5 Å². The van der Waals surface area contributed by atoms with E-state index in [0.717, 1.165) is 99.5 Å². The molecule has 652 valence electrons. The van der Waals surface area contributed by atoms with Crippen LogP contribution in [-0.2, 0) is 86.8 Å². The quantitative estimate of drug-likeness (QED) is 0.0223. The zero-order valence-electron chi connectivity index (χ0n) is 69.1. The number of morpholine rings is 1. The van der Waals surface area contributed by atoms with Crippen molar-refractivity contribution in [2.24, 2.45) is 0 Å². The number of carbonyl (C=O) groups is 7. The van der Waals surface area contributed by atoms with Crippen LogP contribution in [0, 0.1) is 0 Å². The van der Waals surface area contributed by atoms with Crippen molar-refractivity contribution in [3.63, 3.8) is 0 Å². The summed E-state index contributed by atoms with van der Waals surface area (Å²) in [5.41, 5.74) is 13.2. The molecule has 0 radical (unpaired) electrons. The van der Waals surface area contributed by atoms with Crippen molar-refractivity contribution < 1.29 is 66.7 Å². The van der Waals surface area contributed by atoms with Gasteiger partial charge in [-0.3, -0.25) is 33.7 Å². The monoisotopic (exact) mass is 1780 g/mol. The van der Waals surface area contributed by atoms with Gasteiger partial charge < -0.3 is 89.1 Å². The van der Waals surface area contributed by atoms with Gasteiger partial charge in [0.25, 0.3) is 17.7 Å². The molecule has 7 aliphatic heterocycles. The van der Waals surface area contributed by atoms with E-state index in [1.807, 2.05) is 54.6 Å². The van der Waals surface area contributed by atoms with Crippen molar-refractivity contribution in [2.75, 3.05) is 199 Å². The Kier molecular flexibility index (Phi) is 33.3. The number of nitrogens with one attached hydrogen (secondary N) is 5. The summed E-state index contributed by atoms with van der Waals surface area (Å²) in [5.74, 6) is -1.10. The zero-order chi connectivity index (χ0) is 85.1. The van der Waals surface area contributed by atoms with Crippen molar-refractivity contribution in [3.05, 3.63) is 205 Å². The zero-order valence-corrected chi connectivity index (χ0v) is 73.6. The molecule has 5 N–H and O–H groups in total. The topological polar surface area (TPSA) is 267 Å². The summed E-state index contributed by atoms with van der Waals surface area (Å²) in [5, 5.41) is 18.5. The lowest BCUT2D eigenvalue weighted by atomic mass is 9.83. The van der Waals surface area contributed by atoms with Crippen LogP contribution in [0.5, 0.6) is 0 Å². The summed E-state index contributed by atoms with van der Waals surface area (Å²) in [6.45, 7) is 14.1. The Labute approximate surface area is 738 Å². The predicted octanol–water partition coefficient (Wildman–Crippen LogP) is 10.8. The van der Waals surface area contributed by atoms with Crippen molar-refractivity contribution in [3.8, 4) is 0 Å². The Hall–Kier alpha value is -7.29. The number of likely N-dealkylation sites (N-methyl/N-ethyl adjacent to an activating group) is 3. The number of rotatable bonds is 43. The molecule has 32 heteroatoms. The lowest BCUT2D eigenvalue weighted by molar-refractivity contribution is -0.121. The molecule has 8 amide bonds. The molecule has 6 aromatic rings. The molecule has 0 aliphatic carbocycles. The fourth-order valence-corrected chi connectivity index (χ4v) is 19.0. The molecular weight excluding hydrogens is 1670 g/mol. The van der Waals surface area contributed by atoms with Gasteiger partial charge in [-0.25, -0.2) is 4.79 Å². The minimum absolute atomic E-state index is 0.00436. The van der Waals surface area contributed by atoms with Crippen molar-refractivity contribution >= 4 is 111 Å². The highest BCUT2D eigenvalue weighted by molar-refractivity contribution is 6.36. The van der Waals surface area contributed by atoms with E-state index in [0.29, 0.717) is 152 Å². The van der Waals surface area contributed by atoms with Crippen LogP contribution in [0.2, 0.25) is 30.1 Å². The van der Waals surface area contributed by atoms with Gasteiger partial charge in [-0.15, -0.1) is 0 Å². The first-order valence-electron chi connectivity index (χ1n) is 41.9. The summed E-state index contributed by atoms with van der Waals surface area (Å²) in [6.07, 6.45) is 0.0714. The Balaban J connectivity index is 0.552. The van der Waals surface area contributed by atoms with E-state index in [1.54, 1.807) is 32.9 Å². The lowest BCUT2D eigenvalue weighted by Gasteiger charge is -2.35. The van der Waals surface area contributed by atoms with Crippen molar-refractivity contribution in [1.29, 1.82) is 0 Å². The third-order valence-corrected chi connectivity index (χ3v) is 25.4. The number of benzene rings is 6. The van der Waals surface area contributed by atoms with Gasteiger partial charge in [0.2, 0.25) is 17.7 Å². The van der Waals surface area contributed by atoms with Crippen LogP contribution < -0.4 is 26.6 Å². The molecule has 0 saturated carbocycles. The van der Waals surface area contributed by atoms with Crippen molar-refractivity contribution in [2.45, 2.75) is 101 Å². The highest BCUT2D eigenvalue weighted by Gasteiger charge is 2.38. The number of halogens is 6. The van der Waals surface area contributed by atoms with Gasteiger partial charge in [0, 0.05) is 214 Å². The minimum Gasteiger partial charge on any atom is -0.379 e. The fraction of sp³-hybridized carbons (Fsp3) is 0.517. The predicted molar refractivity (Wildman–Crippen MR) is 466 cm³/mol. The van der Waals surface area contributed by atoms with Gasteiger partial charge in [-0.1, -0.05) is 106 Å². The number of amides is 8. The van der Waals surface area contributed by atoms with Gasteiger partial charge in [-0.2, -0.15) is 0 Å². The van der Waals surface area contributed by atoms with Gasteiger partial charge in [0.05, 0.1) is 92.5 Å². The molecule has 6 aromatic carbocycles. The number of urea groups is 1. The number of fused-ring (bicyclic) bond motifs is 6. The van der Waals surface area contributed by atoms with Gasteiger partial charge >= 0.3 is 6.03 Å². The molecule has 1 saturated heterocycles. The van der Waals surface area contributed by atoms with Crippen LogP contribution >= 0.6 is 69.6 Å². The van der Waals surface area contributed by atoms with Crippen LogP contribution in [0.3, 0.4) is 0 Å². The van der Waals surface area contributed by atoms with E-state index in [-0.39, 0.29) is 171 Å². The number of hydrogen-bond donors (Lipinski definition) is 5. The Morgan fingerprint density at radius 2 is 0.719 bits per heavy atom. The Morgan fingerprint density at radius 1 is 0.397 bits per heavy atom. The van der Waals surface area contributed by atoms with E-state index >= 15 is 0 Å². The Morgan fingerprint density at radius 3 is 1.05 bits per heavy atom. The molecule has 0 spiro atoms. The standard InChI is InChI=1S/C89H110Cl6N12O14/c1-101-52-73(70-43-64(90)46-79(93)76(70)55-101)58-4-7-61-49-105(85(111)67(61)40-58)23-31-119-37-34-115-26-17-96-82(108)10-13-89(100-88(114)99-16-20-104-21-29-118-30-22-104,14-11-83(109)97-18-27-116-35-38-120-32-24-106-50-62-8-5-59(41-68(62)86(106)112)74-53-102(2)56-77-71(74)44-65(91)47-80(77)94)15-12-84(110)98-19-28-117-36-39-121-33-25-107-51-63-9-6-60(42-69(63)87(107)113)75-54-103(3)57-78-72(75)45-66(92)48-81(78)95/h4-9,40-48,73-75H,10-39,49-57H2,1-3H3,(H,96,108)(H,97,109)(H,98,110)(H2,99,100,114). The maximum atomic E-state index is 14.1. The second-order valence-corrected chi connectivity index (χ2v) is 34.9. The summed E-state index contributed by atoms with van der Waals surface area (Å²) in [6, 6.07) is 29.1. The van der Waals surface area contributed by atoms with Crippen LogP contribution in [-0.4, -0.2) is 280 Å². The van der Waals surface area contributed by atoms with E-state index < -0.39 is 11.6 Å². The molecule has 1 fully saturated rings. The maximum Gasteiger partial charge on any atom is 0.315 e. The average molecular weight is 1780 g/mol. The van der Waals surface area contributed by atoms with Crippen molar-refractivity contribution in [1.82, 2.24) is 60.9 Å². The molecule has 0 bridgehead atoms. The molecule has 26 nitrogen and oxygen atoms in total. The normalized spacial score (nSPS) is 18.4. The van der Waals surface area contributed by atoms with Crippen LogP contribution in [0.1, 0.15) is 154 Å². The first-order chi connectivity index (χ1) is 58.5. The van der Waals surface area contributed by atoms with E-state index in [9.17, 15) is 33.6 Å². The van der Waals surface area contributed by atoms with Gasteiger partial charge in [0.1, 0.15) is 0 Å². The third-order valence-electron chi connectivity index (χ3n) is 23.7. The lowest BCUT2D eigenvalue weighted by Crippen LogP contribution is -2.54. The van der Waals surface area contributed by atoms with Crippen LogP contribution in [0.15, 0.2) is 91.0 Å². The number of ether oxygens (including phenoxy) is 7. The van der Waals surface area contributed by atoms with E-state index in [4.69, 9.17) is 103 Å². The molecular formula is C89H110Cl6N12O14. The average Bonchev–Trinajstić information content (AvgIpc) is 1.79.